The summed E-state index contributed by atoms with van der Waals surface area (Å²) in [5.74, 6) is 0.0562. The van der Waals surface area contributed by atoms with Crippen LogP contribution in [0.5, 0.6) is 0 Å². The third-order valence-corrected chi connectivity index (χ3v) is 3.83. The largest absolute Gasteiger partial charge is 0.334 e. The van der Waals surface area contributed by atoms with Gasteiger partial charge in [-0.15, -0.1) is 12.4 Å². The van der Waals surface area contributed by atoms with Gasteiger partial charge in [-0.05, 0) is 42.2 Å². The Morgan fingerprint density at radius 3 is 2.52 bits per heavy atom. The van der Waals surface area contributed by atoms with Gasteiger partial charge in [0, 0.05) is 12.6 Å². The normalized spacial score (nSPS) is 15.3. The van der Waals surface area contributed by atoms with Gasteiger partial charge in [0.25, 0.3) is 0 Å². The first-order valence-electron chi connectivity index (χ1n) is 7.19. The number of nitrogens with zero attached hydrogens (tertiary/aromatic N) is 1. The molecule has 112 valence electrons. The Morgan fingerprint density at radius 1 is 1.24 bits per heavy atom. The lowest BCUT2D eigenvalue weighted by molar-refractivity contribution is -0.133. The summed E-state index contributed by atoms with van der Waals surface area (Å²) in [4.78, 5) is 14.1. The molecule has 2 aromatic rings. The molecule has 0 unspecified atom stereocenters. The molecule has 2 aromatic carbocycles. The molecule has 1 aliphatic carbocycles. The van der Waals surface area contributed by atoms with Crippen molar-refractivity contribution in [2.75, 3.05) is 0 Å². The summed E-state index contributed by atoms with van der Waals surface area (Å²) in [6.45, 7) is 2.42. The summed E-state index contributed by atoms with van der Waals surface area (Å²) in [6.07, 6.45) is 2.21. The summed E-state index contributed by atoms with van der Waals surface area (Å²) in [6, 6.07) is 14.6. The van der Waals surface area contributed by atoms with Gasteiger partial charge in [0.05, 0.1) is 6.04 Å². The first-order chi connectivity index (χ1) is 9.65. The summed E-state index contributed by atoms with van der Waals surface area (Å²) in [5.41, 5.74) is 6.93. The first kappa shape index (κ1) is 15.8. The van der Waals surface area contributed by atoms with Gasteiger partial charge in [0.2, 0.25) is 5.91 Å². The van der Waals surface area contributed by atoms with Crippen molar-refractivity contribution in [3.63, 3.8) is 0 Å². The number of rotatable bonds is 4. The number of hydrogen-bond donors (Lipinski definition) is 1. The van der Waals surface area contributed by atoms with E-state index in [9.17, 15) is 4.79 Å². The first-order valence-corrected chi connectivity index (χ1v) is 7.19. The topological polar surface area (TPSA) is 46.3 Å². The van der Waals surface area contributed by atoms with Crippen molar-refractivity contribution in [2.45, 2.75) is 38.4 Å². The molecule has 0 heterocycles. The van der Waals surface area contributed by atoms with E-state index in [2.05, 4.69) is 30.3 Å². The van der Waals surface area contributed by atoms with Crippen LogP contribution in [0, 0.1) is 0 Å². The SMILES string of the molecule is C[C@@H](N)C(=O)N(Cc1ccc2ccccc2c1)C1CC1.Cl. The van der Waals surface area contributed by atoms with Crippen LogP contribution in [-0.4, -0.2) is 22.9 Å². The Hall–Kier alpha value is -1.58. The molecule has 0 spiro atoms. The molecular weight excluding hydrogens is 284 g/mol. The number of amides is 1. The maximum atomic E-state index is 12.2. The van der Waals surface area contributed by atoms with Crippen LogP contribution in [0.2, 0.25) is 0 Å². The molecule has 21 heavy (non-hydrogen) atoms. The highest BCUT2D eigenvalue weighted by Gasteiger charge is 2.33. The second-order valence-electron chi connectivity index (χ2n) is 5.67. The van der Waals surface area contributed by atoms with Crippen LogP contribution in [0.3, 0.4) is 0 Å². The highest BCUT2D eigenvalue weighted by molar-refractivity contribution is 5.85. The number of benzene rings is 2. The van der Waals surface area contributed by atoms with Crippen molar-refractivity contribution in [3.05, 3.63) is 48.0 Å². The Labute approximate surface area is 131 Å². The predicted octanol–water partition coefficient (Wildman–Crippen LogP) is 3.10. The summed E-state index contributed by atoms with van der Waals surface area (Å²) >= 11 is 0. The van der Waals surface area contributed by atoms with E-state index >= 15 is 0 Å². The Kier molecular flexibility index (Phi) is 4.86. The standard InChI is InChI=1S/C17H20N2O.ClH/c1-12(18)17(20)19(16-8-9-16)11-13-6-7-14-4-2-3-5-15(14)10-13;/h2-7,10,12,16H,8-9,11,18H2,1H3;1H/t12-;/m1./s1. The molecule has 3 rings (SSSR count). The molecule has 0 aliphatic heterocycles. The summed E-state index contributed by atoms with van der Waals surface area (Å²) in [7, 11) is 0. The van der Waals surface area contributed by atoms with Crippen LogP contribution >= 0.6 is 12.4 Å². The van der Waals surface area contributed by atoms with Crippen molar-refractivity contribution >= 4 is 29.1 Å². The fourth-order valence-corrected chi connectivity index (χ4v) is 2.57. The minimum atomic E-state index is -0.420. The number of fused-ring (bicyclic) bond motifs is 1. The molecule has 0 bridgehead atoms. The zero-order valence-electron chi connectivity index (χ0n) is 12.2. The molecule has 4 heteroatoms. The fraction of sp³-hybridized carbons (Fsp3) is 0.353. The average molecular weight is 305 g/mol. The molecule has 2 N–H and O–H groups in total. The molecule has 1 aliphatic rings. The van der Waals surface area contributed by atoms with Gasteiger partial charge in [0.15, 0.2) is 0 Å². The minimum Gasteiger partial charge on any atom is -0.334 e. The lowest BCUT2D eigenvalue weighted by Gasteiger charge is -2.24. The van der Waals surface area contributed by atoms with Crippen molar-refractivity contribution in [3.8, 4) is 0 Å². The third kappa shape index (κ3) is 3.55. The minimum absolute atomic E-state index is 0. The van der Waals surface area contributed by atoms with Crippen molar-refractivity contribution < 1.29 is 4.79 Å². The molecule has 1 saturated carbocycles. The van der Waals surface area contributed by atoms with E-state index in [1.54, 1.807) is 6.92 Å². The molecule has 1 amide bonds. The zero-order valence-corrected chi connectivity index (χ0v) is 13.0. The lowest BCUT2D eigenvalue weighted by atomic mass is 10.1. The molecular formula is C17H21ClN2O. The molecule has 0 aromatic heterocycles. The van der Waals surface area contributed by atoms with Crippen molar-refractivity contribution in [1.82, 2.24) is 4.90 Å². The Bertz CT molecular complexity index is 637. The Morgan fingerprint density at radius 2 is 1.90 bits per heavy atom. The maximum Gasteiger partial charge on any atom is 0.239 e. The molecule has 1 fully saturated rings. The van der Waals surface area contributed by atoms with Gasteiger partial charge in [-0.1, -0.05) is 36.4 Å². The second-order valence-corrected chi connectivity index (χ2v) is 5.67. The van der Waals surface area contributed by atoms with Crippen LogP contribution in [0.25, 0.3) is 10.8 Å². The molecule has 1 atom stereocenters. The van der Waals surface area contributed by atoms with E-state index in [0.29, 0.717) is 12.6 Å². The van der Waals surface area contributed by atoms with Gasteiger partial charge in [0.1, 0.15) is 0 Å². The number of hydrogen-bond acceptors (Lipinski definition) is 2. The Balaban J connectivity index is 0.00000161. The summed E-state index contributed by atoms with van der Waals surface area (Å²) in [5, 5.41) is 2.45. The van der Waals surface area contributed by atoms with Gasteiger partial charge in [-0.2, -0.15) is 0 Å². The summed E-state index contributed by atoms with van der Waals surface area (Å²) < 4.78 is 0. The van der Waals surface area contributed by atoms with E-state index in [1.165, 1.54) is 16.3 Å². The second kappa shape index (κ2) is 6.46. The zero-order chi connectivity index (χ0) is 14.1. The molecule has 0 saturated heterocycles. The fourth-order valence-electron chi connectivity index (χ4n) is 2.57. The van der Waals surface area contributed by atoms with E-state index < -0.39 is 6.04 Å². The number of carbonyl (C=O) groups excluding carboxylic acids is 1. The van der Waals surface area contributed by atoms with Gasteiger partial charge < -0.3 is 10.6 Å². The third-order valence-electron chi connectivity index (χ3n) is 3.83. The van der Waals surface area contributed by atoms with Gasteiger partial charge in [-0.25, -0.2) is 0 Å². The van der Waals surface area contributed by atoms with E-state index in [4.69, 9.17) is 5.73 Å². The monoisotopic (exact) mass is 304 g/mol. The maximum absolute atomic E-state index is 12.2. The molecule has 3 nitrogen and oxygen atoms in total. The quantitative estimate of drug-likeness (QED) is 0.943. The van der Waals surface area contributed by atoms with Gasteiger partial charge >= 0.3 is 0 Å². The lowest BCUT2D eigenvalue weighted by Crippen LogP contribution is -2.42. The van der Waals surface area contributed by atoms with Crippen LogP contribution < -0.4 is 5.73 Å². The van der Waals surface area contributed by atoms with E-state index in [0.717, 1.165) is 12.8 Å². The highest BCUT2D eigenvalue weighted by atomic mass is 35.5. The smallest absolute Gasteiger partial charge is 0.239 e. The van der Waals surface area contributed by atoms with Gasteiger partial charge in [-0.3, -0.25) is 4.79 Å². The number of nitrogens with two attached hydrogens (primary N) is 1. The van der Waals surface area contributed by atoms with E-state index in [-0.39, 0.29) is 18.3 Å². The van der Waals surface area contributed by atoms with Crippen LogP contribution in [0.4, 0.5) is 0 Å². The van der Waals surface area contributed by atoms with Crippen LogP contribution in [0.15, 0.2) is 42.5 Å². The van der Waals surface area contributed by atoms with E-state index in [1.807, 2.05) is 17.0 Å². The van der Waals surface area contributed by atoms with Crippen LogP contribution in [-0.2, 0) is 11.3 Å². The number of halogens is 1. The number of carbonyl (C=O) groups is 1. The average Bonchev–Trinajstić information content (AvgIpc) is 3.28. The van der Waals surface area contributed by atoms with Crippen molar-refractivity contribution in [2.24, 2.45) is 5.73 Å². The van der Waals surface area contributed by atoms with Crippen LogP contribution in [0.1, 0.15) is 25.3 Å². The predicted molar refractivity (Wildman–Crippen MR) is 88.4 cm³/mol. The van der Waals surface area contributed by atoms with Crippen molar-refractivity contribution in [1.29, 1.82) is 0 Å². The highest BCUT2D eigenvalue weighted by Crippen LogP contribution is 2.29. The molecule has 0 radical (unpaired) electrons.